The van der Waals surface area contributed by atoms with Crippen molar-refractivity contribution in [1.82, 2.24) is 0 Å². The van der Waals surface area contributed by atoms with Crippen LogP contribution in [0.2, 0.25) is 0 Å². The van der Waals surface area contributed by atoms with Gasteiger partial charge in [-0.15, -0.1) is 0 Å². The van der Waals surface area contributed by atoms with Gasteiger partial charge in [0.25, 0.3) is 0 Å². The lowest BCUT2D eigenvalue weighted by Gasteiger charge is -2.20. The highest BCUT2D eigenvalue weighted by Gasteiger charge is 2.24. The number of ketones is 1. The normalized spacial score (nSPS) is 16.5. The molecule has 0 aromatic heterocycles. The van der Waals surface area contributed by atoms with Gasteiger partial charge in [-0.1, -0.05) is 19.3 Å². The largest absolute Gasteiger partial charge is 0.507 e. The zero-order chi connectivity index (χ0) is 13.0. The van der Waals surface area contributed by atoms with Gasteiger partial charge in [0.1, 0.15) is 11.5 Å². The van der Waals surface area contributed by atoms with E-state index >= 15 is 0 Å². The highest BCUT2D eigenvalue weighted by Crippen LogP contribution is 2.31. The maximum Gasteiger partial charge on any atom is 0.169 e. The monoisotopic (exact) mass is 248 g/mol. The molecule has 98 valence electrons. The van der Waals surface area contributed by atoms with Crippen LogP contribution >= 0.6 is 0 Å². The molecule has 1 saturated carbocycles. The van der Waals surface area contributed by atoms with E-state index in [1.165, 1.54) is 12.5 Å². The van der Waals surface area contributed by atoms with Crippen LogP contribution in [-0.2, 0) is 0 Å². The lowest BCUT2D eigenvalue weighted by Crippen LogP contribution is -2.17. The van der Waals surface area contributed by atoms with Gasteiger partial charge < -0.3 is 9.84 Å². The Balaban J connectivity index is 2.14. The first kappa shape index (κ1) is 12.9. The van der Waals surface area contributed by atoms with Gasteiger partial charge >= 0.3 is 0 Å². The summed E-state index contributed by atoms with van der Waals surface area (Å²) >= 11 is 0. The molecule has 0 heterocycles. The molecule has 0 bridgehead atoms. The predicted octanol–water partition coefficient (Wildman–Crippen LogP) is 3.55. The molecule has 18 heavy (non-hydrogen) atoms. The Morgan fingerprint density at radius 3 is 2.67 bits per heavy atom. The number of benzene rings is 1. The van der Waals surface area contributed by atoms with Crippen molar-refractivity contribution in [3.63, 3.8) is 0 Å². The van der Waals surface area contributed by atoms with Crippen LogP contribution in [0.1, 0.15) is 49.4 Å². The van der Waals surface area contributed by atoms with Gasteiger partial charge in [0, 0.05) is 12.0 Å². The van der Waals surface area contributed by atoms with Crippen molar-refractivity contribution >= 4 is 5.78 Å². The quantitative estimate of drug-likeness (QED) is 0.829. The molecule has 1 aromatic rings. The average Bonchev–Trinajstić information content (AvgIpc) is 2.40. The summed E-state index contributed by atoms with van der Waals surface area (Å²) in [5.74, 6) is 0.810. The molecule has 1 aromatic carbocycles. The van der Waals surface area contributed by atoms with Crippen molar-refractivity contribution in [2.75, 3.05) is 6.61 Å². The zero-order valence-electron chi connectivity index (χ0n) is 10.8. The van der Waals surface area contributed by atoms with Crippen LogP contribution in [0.3, 0.4) is 0 Å². The first-order valence-corrected chi connectivity index (χ1v) is 6.72. The molecule has 0 spiro atoms. The Morgan fingerprint density at radius 1 is 1.33 bits per heavy atom. The molecule has 3 nitrogen and oxygen atoms in total. The van der Waals surface area contributed by atoms with Crippen LogP contribution in [-0.4, -0.2) is 17.5 Å². The number of hydrogen-bond donors (Lipinski definition) is 1. The summed E-state index contributed by atoms with van der Waals surface area (Å²) in [7, 11) is 0. The van der Waals surface area contributed by atoms with E-state index < -0.39 is 0 Å². The molecule has 1 aliphatic carbocycles. The second kappa shape index (κ2) is 5.89. The Hall–Kier alpha value is -1.51. The summed E-state index contributed by atoms with van der Waals surface area (Å²) in [4.78, 5) is 12.3. The fourth-order valence-corrected chi connectivity index (χ4v) is 2.56. The molecule has 1 N–H and O–H groups in total. The Labute approximate surface area is 108 Å². The van der Waals surface area contributed by atoms with Crippen molar-refractivity contribution in [3.05, 3.63) is 23.8 Å². The third-order valence-electron chi connectivity index (χ3n) is 3.52. The SMILES string of the molecule is CCOc1ccc(C(=O)C2CCCCC2)c(O)c1. The Morgan fingerprint density at radius 2 is 2.06 bits per heavy atom. The van der Waals surface area contributed by atoms with Gasteiger partial charge in [-0.05, 0) is 31.9 Å². The smallest absolute Gasteiger partial charge is 0.169 e. The summed E-state index contributed by atoms with van der Waals surface area (Å²) in [5, 5.41) is 9.92. The summed E-state index contributed by atoms with van der Waals surface area (Å²) in [5.41, 5.74) is 0.436. The van der Waals surface area contributed by atoms with Crippen LogP contribution in [0.25, 0.3) is 0 Å². The highest BCUT2D eigenvalue weighted by atomic mass is 16.5. The number of hydrogen-bond acceptors (Lipinski definition) is 3. The molecular formula is C15H20O3. The zero-order valence-corrected chi connectivity index (χ0v) is 10.8. The number of ether oxygens (including phenoxy) is 1. The maximum absolute atomic E-state index is 12.3. The molecule has 3 heteroatoms. The van der Waals surface area contributed by atoms with Gasteiger partial charge in [0.05, 0.1) is 12.2 Å². The second-order valence-corrected chi connectivity index (χ2v) is 4.81. The minimum atomic E-state index is 0.0384. The fourth-order valence-electron chi connectivity index (χ4n) is 2.56. The minimum absolute atomic E-state index is 0.0384. The van der Waals surface area contributed by atoms with Crippen molar-refractivity contribution in [3.8, 4) is 11.5 Å². The number of phenolic OH excluding ortho intramolecular Hbond substituents is 1. The maximum atomic E-state index is 12.3. The highest BCUT2D eigenvalue weighted by molar-refractivity contribution is 6.00. The molecule has 0 amide bonds. The van der Waals surface area contributed by atoms with Gasteiger partial charge in [0.15, 0.2) is 5.78 Å². The lowest BCUT2D eigenvalue weighted by molar-refractivity contribution is 0.0886. The molecule has 1 aliphatic rings. The third-order valence-corrected chi connectivity index (χ3v) is 3.52. The van der Waals surface area contributed by atoms with E-state index in [1.807, 2.05) is 6.92 Å². The average molecular weight is 248 g/mol. The topological polar surface area (TPSA) is 46.5 Å². The first-order valence-electron chi connectivity index (χ1n) is 6.72. The minimum Gasteiger partial charge on any atom is -0.507 e. The van der Waals surface area contributed by atoms with Gasteiger partial charge in [-0.25, -0.2) is 0 Å². The number of rotatable bonds is 4. The number of carbonyl (C=O) groups is 1. The number of carbonyl (C=O) groups excluding carboxylic acids is 1. The summed E-state index contributed by atoms with van der Waals surface area (Å²) in [6, 6.07) is 4.95. The number of phenols is 1. The van der Waals surface area contributed by atoms with E-state index in [4.69, 9.17) is 4.74 Å². The molecule has 1 fully saturated rings. The van der Waals surface area contributed by atoms with Crippen LogP contribution in [0.4, 0.5) is 0 Å². The molecule has 0 aliphatic heterocycles. The van der Waals surface area contributed by atoms with E-state index in [9.17, 15) is 9.90 Å². The molecule has 0 unspecified atom stereocenters. The second-order valence-electron chi connectivity index (χ2n) is 4.81. The Bertz CT molecular complexity index is 420. The van der Waals surface area contributed by atoms with E-state index in [-0.39, 0.29) is 17.5 Å². The molecule has 0 radical (unpaired) electrons. The summed E-state index contributed by atoms with van der Waals surface area (Å²) < 4.78 is 5.30. The standard InChI is InChI=1S/C15H20O3/c1-2-18-12-8-9-13(14(16)10-12)15(17)11-6-4-3-5-7-11/h8-11,16H,2-7H2,1H3. The first-order chi connectivity index (χ1) is 8.72. The van der Waals surface area contributed by atoms with Crippen LogP contribution in [0.15, 0.2) is 18.2 Å². The lowest BCUT2D eigenvalue weighted by atomic mass is 9.83. The van der Waals surface area contributed by atoms with E-state index in [2.05, 4.69) is 0 Å². The van der Waals surface area contributed by atoms with E-state index in [0.29, 0.717) is 17.9 Å². The molecule has 0 atom stereocenters. The van der Waals surface area contributed by atoms with Crippen molar-refractivity contribution in [1.29, 1.82) is 0 Å². The number of Topliss-reactive ketones (excluding diaryl/α,β-unsaturated/α-hetero) is 1. The van der Waals surface area contributed by atoms with Crippen molar-refractivity contribution < 1.29 is 14.6 Å². The molecular weight excluding hydrogens is 228 g/mol. The molecule has 2 rings (SSSR count). The summed E-state index contributed by atoms with van der Waals surface area (Å²) in [6.07, 6.45) is 5.36. The predicted molar refractivity (Wildman–Crippen MR) is 70.2 cm³/mol. The van der Waals surface area contributed by atoms with Gasteiger partial charge in [0.2, 0.25) is 0 Å². The third kappa shape index (κ3) is 2.84. The van der Waals surface area contributed by atoms with E-state index in [1.54, 1.807) is 12.1 Å². The Kier molecular flexibility index (Phi) is 4.24. The fraction of sp³-hybridized carbons (Fsp3) is 0.533. The van der Waals surface area contributed by atoms with E-state index in [0.717, 1.165) is 25.7 Å². The van der Waals surface area contributed by atoms with Crippen LogP contribution in [0, 0.1) is 5.92 Å². The summed E-state index contributed by atoms with van der Waals surface area (Å²) in [6.45, 7) is 2.44. The number of aromatic hydroxyl groups is 1. The van der Waals surface area contributed by atoms with Crippen molar-refractivity contribution in [2.24, 2.45) is 5.92 Å². The van der Waals surface area contributed by atoms with Gasteiger partial charge in [-0.3, -0.25) is 4.79 Å². The van der Waals surface area contributed by atoms with Crippen LogP contribution < -0.4 is 4.74 Å². The van der Waals surface area contributed by atoms with Crippen molar-refractivity contribution in [2.45, 2.75) is 39.0 Å². The van der Waals surface area contributed by atoms with Crippen LogP contribution in [0.5, 0.6) is 11.5 Å². The molecule has 0 saturated heterocycles. The van der Waals surface area contributed by atoms with Gasteiger partial charge in [-0.2, -0.15) is 0 Å².